The molecule has 0 atom stereocenters. The minimum atomic E-state index is -4.80. The largest absolute Gasteiger partial charge is 0.573 e. The van der Waals surface area contributed by atoms with E-state index in [1.165, 1.54) is 16.4 Å². The average molecular weight is 442 g/mol. The molecular formula is C20H21F3N2O4S. The van der Waals surface area contributed by atoms with E-state index in [0.717, 1.165) is 23.3 Å². The highest BCUT2D eigenvalue weighted by Gasteiger charge is 2.31. The number of anilines is 1. The Balaban J connectivity index is 1.70. The van der Waals surface area contributed by atoms with Gasteiger partial charge in [0.1, 0.15) is 5.75 Å². The summed E-state index contributed by atoms with van der Waals surface area (Å²) < 4.78 is 66.6. The molecule has 0 aromatic heterocycles. The molecular weight excluding hydrogens is 421 g/mol. The molecule has 30 heavy (non-hydrogen) atoms. The normalized spacial score (nSPS) is 14.8. The van der Waals surface area contributed by atoms with Crippen LogP contribution in [-0.4, -0.2) is 37.3 Å². The van der Waals surface area contributed by atoms with Crippen LogP contribution in [-0.2, 0) is 23.0 Å². The van der Waals surface area contributed by atoms with Crippen molar-refractivity contribution in [3.63, 3.8) is 0 Å². The van der Waals surface area contributed by atoms with Gasteiger partial charge in [-0.15, -0.1) is 13.2 Å². The maximum atomic E-state index is 12.4. The number of sulfonamides is 1. The van der Waals surface area contributed by atoms with Crippen LogP contribution in [0.25, 0.3) is 0 Å². The molecule has 1 aliphatic rings. The predicted molar refractivity (Wildman–Crippen MR) is 106 cm³/mol. The van der Waals surface area contributed by atoms with Crippen LogP contribution in [0.15, 0.2) is 42.5 Å². The number of halogens is 3. The van der Waals surface area contributed by atoms with Gasteiger partial charge in [0, 0.05) is 24.3 Å². The lowest BCUT2D eigenvalue weighted by Gasteiger charge is -2.28. The van der Waals surface area contributed by atoms with Crippen molar-refractivity contribution in [2.24, 2.45) is 0 Å². The number of alkyl halides is 3. The van der Waals surface area contributed by atoms with Crippen molar-refractivity contribution >= 4 is 21.6 Å². The van der Waals surface area contributed by atoms with Crippen molar-refractivity contribution in [3.05, 3.63) is 59.2 Å². The van der Waals surface area contributed by atoms with Gasteiger partial charge in [0.05, 0.1) is 5.75 Å². The molecule has 1 amide bonds. The second-order valence-corrected chi connectivity index (χ2v) is 9.00. The van der Waals surface area contributed by atoms with Gasteiger partial charge in [-0.3, -0.25) is 4.79 Å². The van der Waals surface area contributed by atoms with E-state index < -0.39 is 28.0 Å². The number of amides is 1. The molecule has 1 heterocycles. The molecule has 0 bridgehead atoms. The van der Waals surface area contributed by atoms with Gasteiger partial charge < -0.3 is 10.1 Å². The van der Waals surface area contributed by atoms with Gasteiger partial charge in [0.2, 0.25) is 10.0 Å². The summed E-state index contributed by atoms with van der Waals surface area (Å²) in [5.74, 6) is -0.826. The second kappa shape index (κ2) is 8.65. The van der Waals surface area contributed by atoms with E-state index in [9.17, 15) is 26.4 Å². The fraction of sp³-hybridized carbons (Fsp3) is 0.350. The number of carbonyl (C=O) groups excluding carboxylic acids is 1. The Morgan fingerprint density at radius 2 is 1.83 bits per heavy atom. The van der Waals surface area contributed by atoms with Gasteiger partial charge in [-0.25, -0.2) is 8.42 Å². The standard InChI is InChI=1S/C20H21F3N2O4S/c1-2-11-30(27,28)25-10-9-14-3-6-17(12-16(14)13-25)24-19(26)15-4-7-18(8-5-15)29-20(21,22)23/h3-8,12H,2,9-11,13H2,1H3,(H,24,26). The molecule has 0 saturated heterocycles. The van der Waals surface area contributed by atoms with Crippen molar-refractivity contribution in [2.75, 3.05) is 17.6 Å². The van der Waals surface area contributed by atoms with E-state index in [-0.39, 0.29) is 17.9 Å². The third-order valence-electron chi connectivity index (χ3n) is 4.65. The minimum Gasteiger partial charge on any atom is -0.406 e. The lowest BCUT2D eigenvalue weighted by Crippen LogP contribution is -2.37. The van der Waals surface area contributed by atoms with Crippen molar-refractivity contribution < 1.29 is 31.1 Å². The van der Waals surface area contributed by atoms with Crippen LogP contribution < -0.4 is 10.1 Å². The fourth-order valence-corrected chi connectivity index (χ4v) is 4.72. The molecule has 0 fully saturated rings. The third kappa shape index (κ3) is 5.51. The molecule has 6 nitrogen and oxygen atoms in total. The van der Waals surface area contributed by atoms with Crippen molar-refractivity contribution in [3.8, 4) is 5.75 Å². The van der Waals surface area contributed by atoms with Crippen LogP contribution in [0, 0.1) is 0 Å². The van der Waals surface area contributed by atoms with Crippen molar-refractivity contribution in [2.45, 2.75) is 32.7 Å². The summed E-state index contributed by atoms with van der Waals surface area (Å²) in [6.45, 7) is 2.48. The summed E-state index contributed by atoms with van der Waals surface area (Å²) in [4.78, 5) is 12.4. The summed E-state index contributed by atoms with van der Waals surface area (Å²) in [6, 6.07) is 9.87. The number of fused-ring (bicyclic) bond motifs is 1. The highest BCUT2D eigenvalue weighted by molar-refractivity contribution is 7.89. The first kappa shape index (κ1) is 22.1. The SMILES string of the molecule is CCCS(=O)(=O)N1CCc2ccc(NC(=O)c3ccc(OC(F)(F)F)cc3)cc2C1. The number of nitrogens with zero attached hydrogens (tertiary/aromatic N) is 1. The Hall–Kier alpha value is -2.59. The average Bonchev–Trinajstić information content (AvgIpc) is 2.66. The highest BCUT2D eigenvalue weighted by Crippen LogP contribution is 2.26. The molecule has 3 rings (SSSR count). The maximum Gasteiger partial charge on any atom is 0.573 e. The molecule has 162 valence electrons. The zero-order valence-corrected chi connectivity index (χ0v) is 17.0. The van der Waals surface area contributed by atoms with E-state index in [4.69, 9.17) is 0 Å². The van der Waals surface area contributed by atoms with E-state index in [2.05, 4.69) is 10.1 Å². The number of nitrogens with one attached hydrogen (secondary N) is 1. The molecule has 0 spiro atoms. The molecule has 0 radical (unpaired) electrons. The molecule has 2 aromatic carbocycles. The minimum absolute atomic E-state index is 0.0901. The van der Waals surface area contributed by atoms with Gasteiger partial charge in [0.25, 0.3) is 5.91 Å². The van der Waals surface area contributed by atoms with E-state index in [1.807, 2.05) is 13.0 Å². The maximum absolute atomic E-state index is 12.4. The summed E-state index contributed by atoms with van der Waals surface area (Å²) in [7, 11) is -3.32. The zero-order valence-electron chi connectivity index (χ0n) is 16.2. The van der Waals surface area contributed by atoms with Crippen LogP contribution in [0.2, 0.25) is 0 Å². The van der Waals surface area contributed by atoms with Gasteiger partial charge in [-0.1, -0.05) is 13.0 Å². The van der Waals surface area contributed by atoms with E-state index in [0.29, 0.717) is 25.1 Å². The topological polar surface area (TPSA) is 75.7 Å². The van der Waals surface area contributed by atoms with Crippen LogP contribution >= 0.6 is 0 Å². The Morgan fingerprint density at radius 1 is 1.13 bits per heavy atom. The van der Waals surface area contributed by atoms with Crippen LogP contribution in [0.1, 0.15) is 34.8 Å². The number of ether oxygens (including phenoxy) is 1. The quantitative estimate of drug-likeness (QED) is 0.736. The molecule has 2 aromatic rings. The van der Waals surface area contributed by atoms with Crippen molar-refractivity contribution in [1.29, 1.82) is 0 Å². The summed E-state index contributed by atoms with van der Waals surface area (Å²) in [6.07, 6.45) is -3.67. The van der Waals surface area contributed by atoms with E-state index in [1.54, 1.807) is 12.1 Å². The summed E-state index contributed by atoms with van der Waals surface area (Å²) in [5, 5.41) is 2.68. The van der Waals surface area contributed by atoms with Gasteiger partial charge in [-0.2, -0.15) is 4.31 Å². The predicted octanol–water partition coefficient (Wildman–Crippen LogP) is 3.94. The molecule has 1 aliphatic heterocycles. The number of benzene rings is 2. The molecule has 0 saturated carbocycles. The first-order chi connectivity index (χ1) is 14.1. The first-order valence-corrected chi connectivity index (χ1v) is 10.9. The molecule has 1 N–H and O–H groups in total. The monoisotopic (exact) mass is 442 g/mol. The number of hydrogen-bond donors (Lipinski definition) is 1. The van der Waals surface area contributed by atoms with Gasteiger partial charge in [0.15, 0.2) is 0 Å². The third-order valence-corrected chi connectivity index (χ3v) is 6.67. The number of carbonyl (C=O) groups is 1. The second-order valence-electron chi connectivity index (χ2n) is 6.91. The molecule has 0 aliphatic carbocycles. The van der Waals surface area contributed by atoms with E-state index >= 15 is 0 Å². The Bertz CT molecular complexity index is 1020. The fourth-order valence-electron chi connectivity index (χ4n) is 3.24. The summed E-state index contributed by atoms with van der Waals surface area (Å²) in [5.41, 5.74) is 2.47. The zero-order chi connectivity index (χ0) is 21.9. The lowest BCUT2D eigenvalue weighted by atomic mass is 10.0. The first-order valence-electron chi connectivity index (χ1n) is 9.34. The number of hydrogen-bond acceptors (Lipinski definition) is 4. The Labute approximate surface area is 172 Å². The smallest absolute Gasteiger partial charge is 0.406 e. The Kier molecular flexibility index (Phi) is 6.37. The molecule has 10 heteroatoms. The van der Waals surface area contributed by atoms with Crippen LogP contribution in [0.4, 0.5) is 18.9 Å². The lowest BCUT2D eigenvalue weighted by molar-refractivity contribution is -0.274. The van der Waals surface area contributed by atoms with Gasteiger partial charge >= 0.3 is 6.36 Å². The van der Waals surface area contributed by atoms with Crippen LogP contribution in [0.3, 0.4) is 0 Å². The Morgan fingerprint density at radius 3 is 2.47 bits per heavy atom. The number of rotatable bonds is 6. The molecule has 0 unspecified atom stereocenters. The van der Waals surface area contributed by atoms with Gasteiger partial charge in [-0.05, 0) is 60.4 Å². The van der Waals surface area contributed by atoms with Crippen LogP contribution in [0.5, 0.6) is 5.75 Å². The highest BCUT2D eigenvalue weighted by atomic mass is 32.2. The van der Waals surface area contributed by atoms with Crippen molar-refractivity contribution in [1.82, 2.24) is 4.31 Å². The summed E-state index contributed by atoms with van der Waals surface area (Å²) >= 11 is 0.